The lowest BCUT2D eigenvalue weighted by Crippen LogP contribution is -2.40. The number of aliphatic carboxylic acids is 1. The molecular weight excluding hydrogens is 242 g/mol. The van der Waals surface area contributed by atoms with E-state index in [1.165, 1.54) is 0 Å². The summed E-state index contributed by atoms with van der Waals surface area (Å²) in [6, 6.07) is 1.90. The van der Waals surface area contributed by atoms with Gasteiger partial charge in [0, 0.05) is 17.9 Å². The van der Waals surface area contributed by atoms with E-state index in [4.69, 9.17) is 0 Å². The maximum absolute atomic E-state index is 11.6. The van der Waals surface area contributed by atoms with Gasteiger partial charge in [-0.2, -0.15) is 0 Å². The first-order chi connectivity index (χ1) is 9.02. The minimum atomic E-state index is -0.705. The molecular formula is C14H21N3O2. The lowest BCUT2D eigenvalue weighted by molar-refractivity contribution is -0.150. The number of nitrogens with zero attached hydrogens (tertiary/aromatic N) is 2. The molecule has 0 atom stereocenters. The Kier molecular flexibility index (Phi) is 4.02. The highest BCUT2D eigenvalue weighted by atomic mass is 16.4. The second kappa shape index (κ2) is 5.55. The van der Waals surface area contributed by atoms with Gasteiger partial charge in [0.2, 0.25) is 5.95 Å². The molecule has 1 fully saturated rings. The van der Waals surface area contributed by atoms with Crippen LogP contribution in [-0.4, -0.2) is 27.6 Å². The number of carboxylic acid groups (broad SMARTS) is 1. The van der Waals surface area contributed by atoms with E-state index in [1.807, 2.05) is 19.9 Å². The van der Waals surface area contributed by atoms with E-state index in [0.717, 1.165) is 43.5 Å². The smallest absolute Gasteiger partial charge is 0.311 e. The Morgan fingerprint density at radius 2 is 1.84 bits per heavy atom. The summed E-state index contributed by atoms with van der Waals surface area (Å²) in [4.78, 5) is 20.1. The molecule has 0 radical (unpaired) electrons. The van der Waals surface area contributed by atoms with Crippen molar-refractivity contribution >= 4 is 11.9 Å². The van der Waals surface area contributed by atoms with Gasteiger partial charge in [-0.05, 0) is 32.8 Å². The molecule has 1 aromatic heterocycles. The molecule has 19 heavy (non-hydrogen) atoms. The van der Waals surface area contributed by atoms with Crippen LogP contribution in [0, 0.1) is 19.3 Å². The summed E-state index contributed by atoms with van der Waals surface area (Å²) >= 11 is 0. The summed E-state index contributed by atoms with van der Waals surface area (Å²) in [6.45, 7) is 4.23. The van der Waals surface area contributed by atoms with Gasteiger partial charge >= 0.3 is 5.97 Å². The molecule has 0 aliphatic heterocycles. The molecule has 0 spiro atoms. The van der Waals surface area contributed by atoms with E-state index < -0.39 is 11.4 Å². The molecule has 1 heterocycles. The van der Waals surface area contributed by atoms with Crippen molar-refractivity contribution in [3.05, 3.63) is 17.5 Å². The number of rotatable bonds is 4. The summed E-state index contributed by atoms with van der Waals surface area (Å²) in [5.41, 5.74) is 1.13. The lowest BCUT2D eigenvalue weighted by atomic mass is 9.74. The van der Waals surface area contributed by atoms with E-state index in [2.05, 4.69) is 15.3 Å². The zero-order valence-corrected chi connectivity index (χ0v) is 11.6. The third kappa shape index (κ3) is 3.22. The van der Waals surface area contributed by atoms with Crippen LogP contribution in [0.25, 0.3) is 0 Å². The topological polar surface area (TPSA) is 75.1 Å². The van der Waals surface area contributed by atoms with Crippen molar-refractivity contribution in [2.24, 2.45) is 5.41 Å². The monoisotopic (exact) mass is 263 g/mol. The highest BCUT2D eigenvalue weighted by Gasteiger charge is 2.39. The Hall–Kier alpha value is -1.65. The Labute approximate surface area is 113 Å². The van der Waals surface area contributed by atoms with Gasteiger partial charge in [0.25, 0.3) is 0 Å². The van der Waals surface area contributed by atoms with Crippen LogP contribution in [0.4, 0.5) is 5.95 Å². The summed E-state index contributed by atoms with van der Waals surface area (Å²) in [7, 11) is 0. The summed E-state index contributed by atoms with van der Waals surface area (Å²) < 4.78 is 0. The van der Waals surface area contributed by atoms with Crippen molar-refractivity contribution in [1.82, 2.24) is 9.97 Å². The molecule has 0 amide bonds. The molecule has 0 aromatic carbocycles. The predicted molar refractivity (Wildman–Crippen MR) is 73.1 cm³/mol. The van der Waals surface area contributed by atoms with Crippen molar-refractivity contribution in [1.29, 1.82) is 0 Å². The molecule has 0 bridgehead atoms. The zero-order chi connectivity index (χ0) is 13.9. The van der Waals surface area contributed by atoms with E-state index in [-0.39, 0.29) is 0 Å². The summed E-state index contributed by atoms with van der Waals surface area (Å²) in [5.74, 6) is -0.173. The minimum Gasteiger partial charge on any atom is -0.481 e. The van der Waals surface area contributed by atoms with Gasteiger partial charge in [0.1, 0.15) is 0 Å². The molecule has 0 unspecified atom stereocenters. The van der Waals surface area contributed by atoms with Crippen LogP contribution in [0.3, 0.4) is 0 Å². The van der Waals surface area contributed by atoms with E-state index >= 15 is 0 Å². The van der Waals surface area contributed by atoms with Gasteiger partial charge in [-0.25, -0.2) is 9.97 Å². The molecule has 1 aliphatic rings. The molecule has 2 rings (SSSR count). The first-order valence-corrected chi connectivity index (χ1v) is 6.81. The van der Waals surface area contributed by atoms with Gasteiger partial charge in [0.05, 0.1) is 5.41 Å². The summed E-state index contributed by atoms with van der Waals surface area (Å²) in [6.07, 6.45) is 4.58. The number of carboxylic acids is 1. The number of aromatic nitrogens is 2. The Morgan fingerprint density at radius 3 is 2.37 bits per heavy atom. The highest BCUT2D eigenvalue weighted by molar-refractivity contribution is 5.75. The Balaban J connectivity index is 2.08. The van der Waals surface area contributed by atoms with Gasteiger partial charge in [-0.1, -0.05) is 19.3 Å². The third-order valence-corrected chi connectivity index (χ3v) is 3.83. The summed E-state index contributed by atoms with van der Waals surface area (Å²) in [5, 5.41) is 12.6. The number of carbonyl (C=O) groups is 1. The van der Waals surface area contributed by atoms with Crippen LogP contribution in [-0.2, 0) is 4.79 Å². The fourth-order valence-electron chi connectivity index (χ4n) is 2.75. The van der Waals surface area contributed by atoms with Crippen molar-refractivity contribution in [2.45, 2.75) is 46.0 Å². The normalized spacial score (nSPS) is 18.0. The van der Waals surface area contributed by atoms with Crippen molar-refractivity contribution < 1.29 is 9.90 Å². The molecule has 1 aromatic rings. The number of anilines is 1. The third-order valence-electron chi connectivity index (χ3n) is 3.83. The maximum atomic E-state index is 11.6. The van der Waals surface area contributed by atoms with Gasteiger partial charge in [-0.3, -0.25) is 4.79 Å². The largest absolute Gasteiger partial charge is 0.481 e. The predicted octanol–water partition coefficient (Wildman–Crippen LogP) is 2.54. The molecule has 1 aliphatic carbocycles. The molecule has 2 N–H and O–H groups in total. The fraction of sp³-hybridized carbons (Fsp3) is 0.643. The molecule has 104 valence electrons. The second-order valence-electron chi connectivity index (χ2n) is 5.47. The standard InChI is InChI=1S/C14H21N3O2/c1-10-8-11(2)17-13(16-10)15-9-14(12(18)19)6-4-3-5-7-14/h8H,3-7,9H2,1-2H3,(H,18,19)(H,15,16,17). The molecule has 0 saturated heterocycles. The van der Waals surface area contributed by atoms with Crippen LogP contribution in [0.5, 0.6) is 0 Å². The van der Waals surface area contributed by atoms with Crippen LogP contribution >= 0.6 is 0 Å². The van der Waals surface area contributed by atoms with Crippen molar-refractivity contribution in [3.63, 3.8) is 0 Å². The molecule has 5 heteroatoms. The number of hydrogen-bond donors (Lipinski definition) is 2. The van der Waals surface area contributed by atoms with E-state index in [0.29, 0.717) is 12.5 Å². The highest BCUT2D eigenvalue weighted by Crippen LogP contribution is 2.36. The lowest BCUT2D eigenvalue weighted by Gasteiger charge is -2.33. The van der Waals surface area contributed by atoms with E-state index in [9.17, 15) is 9.90 Å². The minimum absolute atomic E-state index is 0.408. The van der Waals surface area contributed by atoms with E-state index in [1.54, 1.807) is 0 Å². The first-order valence-electron chi connectivity index (χ1n) is 6.81. The average Bonchev–Trinajstić information content (AvgIpc) is 2.36. The molecule has 5 nitrogen and oxygen atoms in total. The fourth-order valence-corrected chi connectivity index (χ4v) is 2.75. The van der Waals surface area contributed by atoms with Crippen LogP contribution in [0.1, 0.15) is 43.5 Å². The van der Waals surface area contributed by atoms with Gasteiger partial charge < -0.3 is 10.4 Å². The second-order valence-corrected chi connectivity index (χ2v) is 5.47. The van der Waals surface area contributed by atoms with Crippen LogP contribution in [0.15, 0.2) is 6.07 Å². The van der Waals surface area contributed by atoms with Crippen molar-refractivity contribution in [2.75, 3.05) is 11.9 Å². The quantitative estimate of drug-likeness (QED) is 0.873. The Bertz CT molecular complexity index is 448. The van der Waals surface area contributed by atoms with Gasteiger partial charge in [-0.15, -0.1) is 0 Å². The van der Waals surface area contributed by atoms with Crippen LogP contribution in [0.2, 0.25) is 0 Å². The SMILES string of the molecule is Cc1cc(C)nc(NCC2(C(=O)O)CCCCC2)n1. The number of hydrogen-bond acceptors (Lipinski definition) is 4. The number of nitrogens with one attached hydrogen (secondary N) is 1. The Morgan fingerprint density at radius 1 is 1.26 bits per heavy atom. The average molecular weight is 263 g/mol. The van der Waals surface area contributed by atoms with Gasteiger partial charge in [0.15, 0.2) is 0 Å². The zero-order valence-electron chi connectivity index (χ0n) is 11.6. The maximum Gasteiger partial charge on any atom is 0.311 e. The van der Waals surface area contributed by atoms with Crippen molar-refractivity contribution in [3.8, 4) is 0 Å². The number of aryl methyl sites for hydroxylation is 2. The molecule has 1 saturated carbocycles. The van der Waals surface area contributed by atoms with Crippen LogP contribution < -0.4 is 5.32 Å². The first kappa shape index (κ1) is 13.8.